The van der Waals surface area contributed by atoms with E-state index in [9.17, 15) is 8.96 Å². The summed E-state index contributed by atoms with van der Waals surface area (Å²) in [5.74, 6) is 0.199. The molecule has 0 aliphatic carbocycles. The largest absolute Gasteiger partial charge is 0.424 e. The Morgan fingerprint density at radius 1 is 1.54 bits per heavy atom. The minimum Gasteiger partial charge on any atom is -0.293 e. The number of hydrogen-bond acceptors (Lipinski definition) is 3. The van der Waals surface area contributed by atoms with Gasteiger partial charge in [-0.1, -0.05) is 13.8 Å². The molecule has 0 bridgehead atoms. The monoisotopic (exact) mass is 230 g/mol. The van der Waals surface area contributed by atoms with Gasteiger partial charge in [0.15, 0.2) is 5.67 Å². The molecule has 0 unspecified atom stereocenters. The van der Waals surface area contributed by atoms with E-state index in [1.807, 2.05) is 13.8 Å². The van der Waals surface area contributed by atoms with Crippen LogP contribution in [0.25, 0.3) is 0 Å². The first-order valence-corrected chi connectivity index (χ1v) is 6.55. The first-order chi connectivity index (χ1) is 5.83. The van der Waals surface area contributed by atoms with Crippen LogP contribution in [-0.2, 0) is 13.6 Å². The zero-order chi connectivity index (χ0) is 10.1. The van der Waals surface area contributed by atoms with Gasteiger partial charge in [-0.15, -0.1) is 0 Å². The molecule has 1 saturated heterocycles. The summed E-state index contributed by atoms with van der Waals surface area (Å²) in [6.07, 6.45) is 0.323. The molecule has 6 heteroatoms. The molecule has 0 aromatic carbocycles. The second-order valence-corrected chi connectivity index (χ2v) is 6.35. The number of alkyl halides is 1. The van der Waals surface area contributed by atoms with E-state index in [4.69, 9.17) is 11.2 Å². The van der Waals surface area contributed by atoms with Crippen molar-refractivity contribution >= 4 is 18.2 Å². The molecule has 0 radical (unpaired) electrons. The molecule has 1 aliphatic rings. The van der Waals surface area contributed by atoms with Gasteiger partial charge < -0.3 is 0 Å². The van der Waals surface area contributed by atoms with Crippen LogP contribution in [0.4, 0.5) is 4.39 Å². The normalized spacial score (nSPS) is 41.0. The fourth-order valence-electron chi connectivity index (χ4n) is 1.31. The molecular formula is C7H13ClFO3P. The SMILES string of the molecule is CC(C)CC1(F)COP(=O)(Cl)OC1. The second kappa shape index (κ2) is 3.85. The van der Waals surface area contributed by atoms with E-state index in [1.54, 1.807) is 0 Å². The second-order valence-electron chi connectivity index (χ2n) is 3.73. The maximum absolute atomic E-state index is 13.7. The molecular weight excluding hydrogens is 217 g/mol. The lowest BCUT2D eigenvalue weighted by molar-refractivity contribution is -0.0200. The van der Waals surface area contributed by atoms with Gasteiger partial charge in [0, 0.05) is 11.2 Å². The van der Waals surface area contributed by atoms with Crippen LogP contribution in [0.2, 0.25) is 0 Å². The Hall–Kier alpha value is 0.370. The fourth-order valence-corrected chi connectivity index (χ4v) is 2.45. The van der Waals surface area contributed by atoms with Crippen molar-refractivity contribution < 1.29 is 18.0 Å². The fraction of sp³-hybridized carbons (Fsp3) is 1.00. The van der Waals surface area contributed by atoms with Crippen molar-refractivity contribution in [1.82, 2.24) is 0 Å². The maximum atomic E-state index is 13.7. The van der Waals surface area contributed by atoms with Crippen molar-refractivity contribution in [3.8, 4) is 0 Å². The van der Waals surface area contributed by atoms with Gasteiger partial charge in [0.2, 0.25) is 0 Å². The van der Waals surface area contributed by atoms with Gasteiger partial charge in [-0.05, 0) is 12.3 Å². The van der Waals surface area contributed by atoms with Crippen LogP contribution in [0.1, 0.15) is 20.3 Å². The summed E-state index contributed by atoms with van der Waals surface area (Å²) in [5, 5.41) is 0. The van der Waals surface area contributed by atoms with E-state index in [2.05, 4.69) is 9.05 Å². The van der Waals surface area contributed by atoms with Crippen LogP contribution < -0.4 is 0 Å². The number of rotatable bonds is 2. The lowest BCUT2D eigenvalue weighted by Crippen LogP contribution is -2.38. The van der Waals surface area contributed by atoms with Crippen LogP contribution >= 0.6 is 18.2 Å². The van der Waals surface area contributed by atoms with Crippen LogP contribution in [0.5, 0.6) is 0 Å². The van der Waals surface area contributed by atoms with Crippen molar-refractivity contribution in [2.45, 2.75) is 25.9 Å². The molecule has 0 aromatic heterocycles. The highest BCUT2D eigenvalue weighted by atomic mass is 35.7. The minimum atomic E-state index is -3.48. The zero-order valence-corrected chi connectivity index (χ0v) is 9.28. The quantitative estimate of drug-likeness (QED) is 0.684. The summed E-state index contributed by atoms with van der Waals surface area (Å²) in [6, 6.07) is 0. The van der Waals surface area contributed by atoms with E-state index in [0.717, 1.165) is 0 Å². The molecule has 0 saturated carbocycles. The summed E-state index contributed by atoms with van der Waals surface area (Å²) < 4.78 is 33.9. The Labute approximate surface area is 81.9 Å². The standard InChI is InChI=1S/C7H13ClFO3P/c1-6(2)3-7(9)4-11-13(8,10)12-5-7/h6H,3-5H2,1-2H3. The summed E-state index contributed by atoms with van der Waals surface area (Å²) in [4.78, 5) is 0. The van der Waals surface area contributed by atoms with E-state index < -0.39 is 12.6 Å². The molecule has 13 heavy (non-hydrogen) atoms. The molecule has 0 spiro atoms. The Kier molecular flexibility index (Phi) is 3.39. The predicted molar refractivity (Wildman–Crippen MR) is 48.7 cm³/mol. The molecule has 0 atom stereocenters. The minimum absolute atomic E-state index is 0.199. The van der Waals surface area contributed by atoms with E-state index >= 15 is 0 Å². The molecule has 0 amide bonds. The molecule has 0 aromatic rings. The molecule has 3 nitrogen and oxygen atoms in total. The number of halogens is 2. The lowest BCUT2D eigenvalue weighted by atomic mass is 9.96. The first kappa shape index (κ1) is 11.4. The van der Waals surface area contributed by atoms with Crippen molar-refractivity contribution in [2.75, 3.05) is 13.2 Å². The Morgan fingerprint density at radius 3 is 2.38 bits per heavy atom. The summed E-state index contributed by atoms with van der Waals surface area (Å²) in [7, 11) is 0. The van der Waals surface area contributed by atoms with Gasteiger partial charge in [-0.3, -0.25) is 9.05 Å². The third kappa shape index (κ3) is 3.55. The van der Waals surface area contributed by atoms with Gasteiger partial charge in [0.1, 0.15) is 0 Å². The van der Waals surface area contributed by atoms with Gasteiger partial charge in [0.05, 0.1) is 13.2 Å². The zero-order valence-electron chi connectivity index (χ0n) is 7.63. The third-order valence-electron chi connectivity index (χ3n) is 1.73. The van der Waals surface area contributed by atoms with E-state index in [1.165, 1.54) is 0 Å². The van der Waals surface area contributed by atoms with Crippen molar-refractivity contribution in [1.29, 1.82) is 0 Å². The van der Waals surface area contributed by atoms with Crippen LogP contribution in [-0.4, -0.2) is 18.9 Å². The van der Waals surface area contributed by atoms with Crippen LogP contribution in [0.3, 0.4) is 0 Å². The molecule has 78 valence electrons. The van der Waals surface area contributed by atoms with Crippen LogP contribution in [0.15, 0.2) is 0 Å². The molecule has 1 aliphatic heterocycles. The molecule has 1 heterocycles. The molecule has 1 rings (SSSR count). The smallest absolute Gasteiger partial charge is 0.293 e. The third-order valence-corrected chi connectivity index (χ3v) is 3.19. The lowest BCUT2D eigenvalue weighted by Gasteiger charge is -2.32. The predicted octanol–water partition coefficient (Wildman–Crippen LogP) is 3.13. The van der Waals surface area contributed by atoms with Crippen molar-refractivity contribution in [3.63, 3.8) is 0 Å². The Balaban J connectivity index is 2.51. The Bertz CT molecular complexity index is 222. The topological polar surface area (TPSA) is 35.5 Å². The van der Waals surface area contributed by atoms with Crippen LogP contribution in [0, 0.1) is 5.92 Å². The Morgan fingerprint density at radius 2 is 2.00 bits per heavy atom. The number of hydrogen-bond donors (Lipinski definition) is 0. The summed E-state index contributed by atoms with van der Waals surface area (Å²) in [6.45, 7) is -0.168. The van der Waals surface area contributed by atoms with E-state index in [-0.39, 0.29) is 19.1 Å². The maximum Gasteiger partial charge on any atom is 0.424 e. The summed E-state index contributed by atoms with van der Waals surface area (Å²) >= 11 is 5.28. The van der Waals surface area contributed by atoms with Crippen molar-refractivity contribution in [2.24, 2.45) is 5.92 Å². The van der Waals surface area contributed by atoms with Gasteiger partial charge in [0.25, 0.3) is 0 Å². The summed E-state index contributed by atoms with van der Waals surface area (Å²) in [5.41, 5.74) is -1.54. The van der Waals surface area contributed by atoms with Gasteiger partial charge >= 0.3 is 6.95 Å². The molecule has 0 N–H and O–H groups in total. The average molecular weight is 231 g/mol. The van der Waals surface area contributed by atoms with Crippen molar-refractivity contribution in [3.05, 3.63) is 0 Å². The molecule has 1 fully saturated rings. The highest BCUT2D eigenvalue weighted by molar-refractivity contribution is 7.81. The van der Waals surface area contributed by atoms with Gasteiger partial charge in [-0.25, -0.2) is 8.96 Å². The highest BCUT2D eigenvalue weighted by Gasteiger charge is 2.41. The van der Waals surface area contributed by atoms with E-state index in [0.29, 0.717) is 6.42 Å². The first-order valence-electron chi connectivity index (χ1n) is 4.11. The highest BCUT2D eigenvalue weighted by Crippen LogP contribution is 2.57. The average Bonchev–Trinajstić information content (AvgIpc) is 1.95. The van der Waals surface area contributed by atoms with Gasteiger partial charge in [-0.2, -0.15) is 0 Å².